The van der Waals surface area contributed by atoms with E-state index in [0.717, 1.165) is 75.5 Å². The average Bonchev–Trinajstić information content (AvgIpc) is 3.26. The monoisotopic (exact) mass is 459 g/mol. The maximum absolute atomic E-state index is 13.9. The van der Waals surface area contributed by atoms with Crippen LogP contribution in [0.2, 0.25) is 0 Å². The Morgan fingerprint density at radius 3 is 2.38 bits per heavy atom. The lowest BCUT2D eigenvalue weighted by molar-refractivity contribution is -0.124. The van der Waals surface area contributed by atoms with E-state index in [1.807, 2.05) is 11.0 Å². The molecule has 0 bridgehead atoms. The van der Waals surface area contributed by atoms with Crippen molar-refractivity contribution in [1.82, 2.24) is 0 Å². The number of carbonyl (C=O) groups excluding carboxylic acids is 1. The fourth-order valence-electron chi connectivity index (χ4n) is 5.67. The van der Waals surface area contributed by atoms with Gasteiger partial charge < -0.3 is 14.7 Å². The smallest absolute Gasteiger partial charge is 0.348 e. The van der Waals surface area contributed by atoms with Gasteiger partial charge in [-0.2, -0.15) is 0 Å². The largest absolute Gasteiger partial charge is 0.477 e. The number of thiophene rings is 1. The molecule has 1 aromatic rings. The van der Waals surface area contributed by atoms with Crippen LogP contribution in [0.5, 0.6) is 0 Å². The highest BCUT2D eigenvalue weighted by atomic mass is 32.1. The van der Waals surface area contributed by atoms with Gasteiger partial charge in [-0.05, 0) is 94.6 Å². The normalized spacial score (nSPS) is 28.8. The summed E-state index contributed by atoms with van der Waals surface area (Å²) in [4.78, 5) is 29.4. The highest BCUT2D eigenvalue weighted by molar-refractivity contribution is 7.15. The average molecular weight is 460 g/mol. The highest BCUT2D eigenvalue weighted by Gasteiger charge is 2.37. The number of hydrogen-bond donors (Lipinski definition) is 1. The number of anilines is 1. The van der Waals surface area contributed by atoms with Crippen LogP contribution in [0, 0.1) is 11.8 Å². The maximum atomic E-state index is 13.9. The summed E-state index contributed by atoms with van der Waals surface area (Å²) in [7, 11) is 1.75. The van der Waals surface area contributed by atoms with Gasteiger partial charge in [0.2, 0.25) is 5.91 Å². The molecule has 0 saturated heterocycles. The van der Waals surface area contributed by atoms with Gasteiger partial charge in [-0.1, -0.05) is 13.0 Å². The minimum atomic E-state index is -0.923. The second kappa shape index (κ2) is 10.5. The van der Waals surface area contributed by atoms with E-state index in [4.69, 9.17) is 4.74 Å². The number of carbonyl (C=O) groups is 2. The van der Waals surface area contributed by atoms with Gasteiger partial charge >= 0.3 is 5.97 Å². The number of hydrogen-bond acceptors (Lipinski definition) is 4. The lowest BCUT2D eigenvalue weighted by atomic mass is 9.81. The lowest BCUT2D eigenvalue weighted by Crippen LogP contribution is -2.47. The van der Waals surface area contributed by atoms with Crippen molar-refractivity contribution in [3.8, 4) is 0 Å². The third kappa shape index (κ3) is 5.12. The van der Waals surface area contributed by atoms with Crippen LogP contribution < -0.4 is 4.90 Å². The Labute approximate surface area is 195 Å². The molecule has 0 aliphatic heterocycles. The van der Waals surface area contributed by atoms with Crippen LogP contribution in [-0.2, 0) is 9.53 Å². The van der Waals surface area contributed by atoms with Crippen LogP contribution in [0.3, 0.4) is 0 Å². The summed E-state index contributed by atoms with van der Waals surface area (Å²) in [6, 6.07) is 2.06. The fraction of sp³-hybridized carbons (Fsp3) is 0.692. The van der Waals surface area contributed by atoms with E-state index in [1.165, 1.54) is 23.3 Å². The van der Waals surface area contributed by atoms with E-state index in [-0.39, 0.29) is 24.0 Å². The Balaban J connectivity index is 1.68. The summed E-state index contributed by atoms with van der Waals surface area (Å²) in [5.41, 5.74) is 1.88. The van der Waals surface area contributed by atoms with E-state index < -0.39 is 5.97 Å². The second-order valence-electron chi connectivity index (χ2n) is 9.94. The third-order valence-corrected chi connectivity index (χ3v) is 8.91. The second-order valence-corrected chi connectivity index (χ2v) is 11.0. The molecule has 4 rings (SSSR count). The van der Waals surface area contributed by atoms with Crippen LogP contribution in [0.1, 0.15) is 98.5 Å². The molecular weight excluding hydrogens is 422 g/mol. The number of methoxy groups -OCH3 is 1. The summed E-state index contributed by atoms with van der Waals surface area (Å²) in [6.45, 7) is 2.26. The molecule has 2 fully saturated rings. The summed E-state index contributed by atoms with van der Waals surface area (Å²) in [5.74, 6) is -0.106. The number of amides is 1. The lowest BCUT2D eigenvalue weighted by Gasteiger charge is -2.39. The van der Waals surface area contributed by atoms with Crippen LogP contribution in [0.15, 0.2) is 12.1 Å². The first-order chi connectivity index (χ1) is 15.5. The van der Waals surface area contributed by atoms with Crippen LogP contribution in [0.25, 0.3) is 5.57 Å². The first-order valence-electron chi connectivity index (χ1n) is 12.4. The van der Waals surface area contributed by atoms with Gasteiger partial charge in [0.05, 0.1) is 11.8 Å². The zero-order chi connectivity index (χ0) is 22.7. The first kappa shape index (κ1) is 23.5. The first-order valence-corrected chi connectivity index (χ1v) is 13.2. The van der Waals surface area contributed by atoms with Crippen molar-refractivity contribution in [2.24, 2.45) is 11.8 Å². The number of carboxylic acids is 1. The summed E-state index contributed by atoms with van der Waals surface area (Å²) in [6.07, 6.45) is 14.4. The zero-order valence-corrected chi connectivity index (χ0v) is 20.3. The highest BCUT2D eigenvalue weighted by Crippen LogP contribution is 2.42. The molecule has 176 valence electrons. The topological polar surface area (TPSA) is 66.8 Å². The zero-order valence-electron chi connectivity index (χ0n) is 19.5. The standard InChI is InChI=1S/C26H37NO4S/c1-17-8-10-19(11-9-17)25(28)27(20-12-14-21(31-2)15-13-20)22-16-23(32-24(22)26(29)30)18-6-4-3-5-7-18/h6,16-17,19-21H,3-5,7-15H2,1-2H3,(H,29,30)/t17?,19?,20-,21-. The van der Waals surface area contributed by atoms with Crippen molar-refractivity contribution in [3.63, 3.8) is 0 Å². The molecule has 2 saturated carbocycles. The molecule has 1 heterocycles. The SMILES string of the molecule is CO[C@H]1CC[C@H](N(C(=O)C2CCC(C)CC2)c2cc(C3=CCCCC3)sc2C(=O)O)CC1. The van der Waals surface area contributed by atoms with Gasteiger partial charge in [-0.3, -0.25) is 4.79 Å². The Bertz CT molecular complexity index is 844. The Morgan fingerprint density at radius 2 is 1.78 bits per heavy atom. The summed E-state index contributed by atoms with van der Waals surface area (Å²) < 4.78 is 5.56. The van der Waals surface area contributed by atoms with Crippen molar-refractivity contribution in [1.29, 1.82) is 0 Å². The number of allylic oxidation sites excluding steroid dienone is 2. The number of rotatable bonds is 6. The Morgan fingerprint density at radius 1 is 1.06 bits per heavy atom. The number of ether oxygens (including phenoxy) is 1. The maximum Gasteiger partial charge on any atom is 0.348 e. The Kier molecular flexibility index (Phi) is 7.72. The molecule has 0 atom stereocenters. The van der Waals surface area contributed by atoms with Crippen molar-refractivity contribution in [2.75, 3.05) is 12.0 Å². The number of carboxylic acid groups (broad SMARTS) is 1. The van der Waals surface area contributed by atoms with Crippen LogP contribution in [-0.4, -0.2) is 36.2 Å². The van der Waals surface area contributed by atoms with E-state index >= 15 is 0 Å². The Hall–Kier alpha value is -1.66. The summed E-state index contributed by atoms with van der Waals surface area (Å²) in [5, 5.41) is 10.1. The van der Waals surface area contributed by atoms with Gasteiger partial charge in [-0.15, -0.1) is 11.3 Å². The summed E-state index contributed by atoms with van der Waals surface area (Å²) >= 11 is 1.35. The van der Waals surface area contributed by atoms with Gasteiger partial charge in [0.1, 0.15) is 4.88 Å². The number of nitrogens with zero attached hydrogens (tertiary/aromatic N) is 1. The van der Waals surface area contributed by atoms with Crippen LogP contribution >= 0.6 is 11.3 Å². The minimum absolute atomic E-state index is 0.00485. The third-order valence-electron chi connectivity index (χ3n) is 7.72. The molecule has 0 spiro atoms. The fourth-order valence-corrected chi connectivity index (χ4v) is 6.73. The predicted molar refractivity (Wildman–Crippen MR) is 129 cm³/mol. The molecule has 6 heteroatoms. The quantitative estimate of drug-likeness (QED) is 0.526. The molecule has 1 aromatic heterocycles. The molecule has 1 amide bonds. The van der Waals surface area contributed by atoms with Crippen molar-refractivity contribution in [3.05, 3.63) is 21.9 Å². The molecule has 0 unspecified atom stereocenters. The molecular formula is C26H37NO4S. The van der Waals surface area contributed by atoms with Gasteiger partial charge in [0.15, 0.2) is 0 Å². The molecule has 0 aromatic carbocycles. The van der Waals surface area contributed by atoms with E-state index in [0.29, 0.717) is 16.5 Å². The van der Waals surface area contributed by atoms with Gasteiger partial charge in [0, 0.05) is 23.9 Å². The molecule has 32 heavy (non-hydrogen) atoms. The molecule has 1 N–H and O–H groups in total. The molecule has 5 nitrogen and oxygen atoms in total. The van der Waals surface area contributed by atoms with E-state index in [2.05, 4.69) is 13.0 Å². The molecule has 0 radical (unpaired) electrons. The van der Waals surface area contributed by atoms with E-state index in [1.54, 1.807) is 7.11 Å². The van der Waals surface area contributed by atoms with Crippen LogP contribution in [0.4, 0.5) is 5.69 Å². The van der Waals surface area contributed by atoms with Crippen molar-refractivity contribution < 1.29 is 19.4 Å². The van der Waals surface area contributed by atoms with Gasteiger partial charge in [-0.25, -0.2) is 4.79 Å². The molecule has 3 aliphatic carbocycles. The number of aromatic carboxylic acids is 1. The van der Waals surface area contributed by atoms with Crippen molar-refractivity contribution >= 4 is 34.5 Å². The van der Waals surface area contributed by atoms with Gasteiger partial charge in [0.25, 0.3) is 0 Å². The van der Waals surface area contributed by atoms with Crippen molar-refractivity contribution in [2.45, 2.75) is 96.1 Å². The van der Waals surface area contributed by atoms with E-state index in [9.17, 15) is 14.7 Å². The molecule has 3 aliphatic rings. The minimum Gasteiger partial charge on any atom is -0.477 e. The predicted octanol–water partition coefficient (Wildman–Crippen LogP) is 6.52.